The molecule has 2 aromatic heterocycles. The van der Waals surface area contributed by atoms with E-state index in [1.54, 1.807) is 25.1 Å². The Kier molecular flexibility index (Phi) is 3.38. The topological polar surface area (TPSA) is 80.9 Å². The zero-order chi connectivity index (χ0) is 15.7. The van der Waals surface area contributed by atoms with Crippen molar-refractivity contribution in [2.24, 2.45) is 0 Å². The molecule has 0 saturated carbocycles. The van der Waals surface area contributed by atoms with Crippen LogP contribution in [0.4, 0.5) is 4.39 Å². The average molecular weight is 298 g/mol. The molecule has 0 amide bonds. The molecule has 3 aromatic rings. The van der Waals surface area contributed by atoms with Crippen molar-refractivity contribution in [2.75, 3.05) is 0 Å². The van der Waals surface area contributed by atoms with Crippen molar-refractivity contribution in [1.82, 2.24) is 19.5 Å². The summed E-state index contributed by atoms with van der Waals surface area (Å²) in [7, 11) is 0. The summed E-state index contributed by atoms with van der Waals surface area (Å²) < 4.78 is 14.5. The van der Waals surface area contributed by atoms with Gasteiger partial charge in [0.05, 0.1) is 0 Å². The molecule has 0 aliphatic rings. The summed E-state index contributed by atoms with van der Waals surface area (Å²) in [6, 6.07) is 7.55. The number of aryl methyl sites for hydroxylation is 1. The lowest BCUT2D eigenvalue weighted by molar-refractivity contribution is 0.0691. The molecule has 0 aliphatic heterocycles. The molecule has 0 fully saturated rings. The van der Waals surface area contributed by atoms with Gasteiger partial charge in [0.1, 0.15) is 18.0 Å². The quantitative estimate of drug-likeness (QED) is 0.803. The Morgan fingerprint density at radius 1 is 1.23 bits per heavy atom. The third-order valence-electron chi connectivity index (χ3n) is 3.01. The molecule has 2 heterocycles. The second-order valence-corrected chi connectivity index (χ2v) is 4.67. The number of rotatable bonds is 3. The van der Waals surface area contributed by atoms with Crippen LogP contribution in [0.1, 0.15) is 16.2 Å². The van der Waals surface area contributed by atoms with Crippen LogP contribution in [0.5, 0.6) is 0 Å². The molecule has 1 N–H and O–H groups in total. The van der Waals surface area contributed by atoms with Gasteiger partial charge in [-0.05, 0) is 31.2 Å². The molecule has 0 saturated heterocycles. The fourth-order valence-corrected chi connectivity index (χ4v) is 1.97. The van der Waals surface area contributed by atoms with E-state index < -0.39 is 5.97 Å². The number of carboxylic acid groups (broad SMARTS) is 1. The summed E-state index contributed by atoms with van der Waals surface area (Å²) in [6.45, 7) is 1.80. The smallest absolute Gasteiger partial charge is 0.356 e. The van der Waals surface area contributed by atoms with Crippen LogP contribution in [-0.4, -0.2) is 30.6 Å². The van der Waals surface area contributed by atoms with Crippen LogP contribution in [-0.2, 0) is 0 Å². The summed E-state index contributed by atoms with van der Waals surface area (Å²) >= 11 is 0. The predicted molar refractivity (Wildman–Crippen MR) is 76.2 cm³/mol. The van der Waals surface area contributed by atoms with E-state index in [0.29, 0.717) is 22.9 Å². The molecule has 0 spiro atoms. The van der Waals surface area contributed by atoms with Crippen LogP contribution >= 0.6 is 0 Å². The maximum Gasteiger partial charge on any atom is 0.356 e. The maximum atomic E-state index is 13.0. The third-order valence-corrected chi connectivity index (χ3v) is 3.01. The highest BCUT2D eigenvalue weighted by atomic mass is 19.1. The number of benzene rings is 1. The van der Waals surface area contributed by atoms with Gasteiger partial charge < -0.3 is 5.11 Å². The van der Waals surface area contributed by atoms with Crippen molar-refractivity contribution < 1.29 is 14.3 Å². The lowest BCUT2D eigenvalue weighted by Crippen LogP contribution is -2.01. The van der Waals surface area contributed by atoms with Gasteiger partial charge in [-0.1, -0.05) is 0 Å². The Hall–Kier alpha value is -3.09. The number of carboxylic acids is 1. The normalized spacial score (nSPS) is 10.6. The lowest BCUT2D eigenvalue weighted by atomic mass is 10.2. The van der Waals surface area contributed by atoms with E-state index in [-0.39, 0.29) is 11.5 Å². The van der Waals surface area contributed by atoms with Crippen LogP contribution in [0.25, 0.3) is 17.2 Å². The van der Waals surface area contributed by atoms with Crippen molar-refractivity contribution in [2.45, 2.75) is 6.92 Å². The van der Waals surface area contributed by atoms with Gasteiger partial charge in [-0.15, -0.1) is 0 Å². The number of aromatic carboxylic acids is 1. The van der Waals surface area contributed by atoms with Gasteiger partial charge in [0.2, 0.25) is 0 Å². The van der Waals surface area contributed by atoms with Gasteiger partial charge in [-0.2, -0.15) is 0 Å². The number of imidazole rings is 1. The summed E-state index contributed by atoms with van der Waals surface area (Å²) in [4.78, 5) is 23.4. The summed E-state index contributed by atoms with van der Waals surface area (Å²) in [5.41, 5.74) is 1.31. The highest BCUT2D eigenvalue weighted by Crippen LogP contribution is 2.18. The van der Waals surface area contributed by atoms with Gasteiger partial charge in [-0.25, -0.2) is 24.1 Å². The van der Waals surface area contributed by atoms with Gasteiger partial charge >= 0.3 is 5.97 Å². The number of halogens is 1. The van der Waals surface area contributed by atoms with E-state index in [4.69, 9.17) is 5.11 Å². The van der Waals surface area contributed by atoms with Crippen molar-refractivity contribution >= 4 is 5.97 Å². The van der Waals surface area contributed by atoms with E-state index in [1.807, 2.05) is 0 Å². The number of aromatic nitrogens is 4. The Morgan fingerprint density at radius 2 is 1.95 bits per heavy atom. The molecule has 0 radical (unpaired) electrons. The first-order chi connectivity index (χ1) is 10.5. The molecule has 0 unspecified atom stereocenters. The first-order valence-corrected chi connectivity index (χ1v) is 6.42. The van der Waals surface area contributed by atoms with Gasteiger partial charge in [0, 0.05) is 23.5 Å². The van der Waals surface area contributed by atoms with Crippen LogP contribution in [0.15, 0.2) is 42.9 Å². The van der Waals surface area contributed by atoms with Crippen LogP contribution in [0.2, 0.25) is 0 Å². The van der Waals surface area contributed by atoms with Crippen molar-refractivity contribution in [3.63, 3.8) is 0 Å². The number of hydrogen-bond acceptors (Lipinski definition) is 4. The second-order valence-electron chi connectivity index (χ2n) is 4.67. The van der Waals surface area contributed by atoms with Gasteiger partial charge in [-0.3, -0.25) is 4.57 Å². The lowest BCUT2D eigenvalue weighted by Gasteiger charge is -2.06. The minimum absolute atomic E-state index is 0.0698. The van der Waals surface area contributed by atoms with Gasteiger partial charge in [0.15, 0.2) is 11.5 Å². The second kappa shape index (κ2) is 5.36. The Balaban J connectivity index is 2.05. The fourth-order valence-electron chi connectivity index (χ4n) is 1.97. The first kappa shape index (κ1) is 13.9. The summed E-state index contributed by atoms with van der Waals surface area (Å²) in [5, 5.41) is 8.91. The highest BCUT2D eigenvalue weighted by Gasteiger charge is 2.10. The number of nitrogens with zero attached hydrogens (tertiary/aromatic N) is 4. The largest absolute Gasteiger partial charge is 0.476 e. The molecule has 7 heteroatoms. The van der Waals surface area contributed by atoms with Crippen LogP contribution in [0.3, 0.4) is 0 Å². The molecule has 0 atom stereocenters. The van der Waals surface area contributed by atoms with E-state index in [0.717, 1.165) is 0 Å². The van der Waals surface area contributed by atoms with E-state index in [1.165, 1.54) is 29.2 Å². The van der Waals surface area contributed by atoms with E-state index in [9.17, 15) is 9.18 Å². The molecule has 6 nitrogen and oxygen atoms in total. The fraction of sp³-hybridized carbons (Fsp3) is 0.0667. The van der Waals surface area contributed by atoms with Crippen molar-refractivity contribution in [3.05, 3.63) is 60.1 Å². The Bertz CT molecular complexity index is 843. The van der Waals surface area contributed by atoms with E-state index in [2.05, 4.69) is 15.0 Å². The predicted octanol–water partition coefficient (Wildman–Crippen LogP) is 2.48. The zero-order valence-electron chi connectivity index (χ0n) is 11.6. The standard InChI is InChI=1S/C15H11FN4O2/c1-9-6-13(20-7-12(15(21)22)17-8-20)19-14(18-9)10-2-4-11(16)5-3-10/h2-8H,1H3,(H,21,22). The average Bonchev–Trinajstić information content (AvgIpc) is 2.97. The molecular formula is C15H11FN4O2. The number of hydrogen-bond donors (Lipinski definition) is 1. The minimum Gasteiger partial charge on any atom is -0.476 e. The van der Waals surface area contributed by atoms with Crippen LogP contribution in [0, 0.1) is 12.7 Å². The maximum absolute atomic E-state index is 13.0. The Morgan fingerprint density at radius 3 is 2.59 bits per heavy atom. The molecule has 1 aromatic carbocycles. The first-order valence-electron chi connectivity index (χ1n) is 6.42. The molecule has 0 aliphatic carbocycles. The van der Waals surface area contributed by atoms with Crippen molar-refractivity contribution in [3.8, 4) is 17.2 Å². The van der Waals surface area contributed by atoms with E-state index >= 15 is 0 Å². The minimum atomic E-state index is -1.11. The summed E-state index contributed by atoms with van der Waals surface area (Å²) in [5.74, 6) is -0.520. The highest BCUT2D eigenvalue weighted by molar-refractivity contribution is 5.85. The molecule has 0 bridgehead atoms. The molecular weight excluding hydrogens is 287 g/mol. The molecule has 3 rings (SSSR count). The zero-order valence-corrected chi connectivity index (χ0v) is 11.6. The SMILES string of the molecule is Cc1cc(-n2cnc(C(=O)O)c2)nc(-c2ccc(F)cc2)n1. The van der Waals surface area contributed by atoms with Crippen molar-refractivity contribution in [1.29, 1.82) is 0 Å². The third kappa shape index (κ3) is 2.69. The monoisotopic (exact) mass is 298 g/mol. The Labute approximate surface area is 124 Å². The summed E-state index contributed by atoms with van der Waals surface area (Å²) in [6.07, 6.45) is 2.75. The molecule has 110 valence electrons. The van der Waals surface area contributed by atoms with Crippen LogP contribution < -0.4 is 0 Å². The number of carbonyl (C=O) groups is 1. The van der Waals surface area contributed by atoms with Gasteiger partial charge in [0.25, 0.3) is 0 Å². The molecule has 22 heavy (non-hydrogen) atoms.